The standard InChI is InChI=1S/C60H90NO8P/c1-3-5-7-9-11-13-15-17-19-21-23-25-27-29-40-48-58(62)66-52-57(69-59(63)49-41-30-28-26-24-22-20-18-16-14-12-10-8-6-4-2)53-68-70(64,65)67-51-50-61-60(54-42-34-31-35-43-54,55-44-36-32-37-45-55)56-46-38-33-39-47-56/h12,14,17-20,31-39,42-47,57,61H,3-11,13,15-16,21-30,40-41,48-53H2,1-2H3,(H,64,65)/b14-12-,19-17-,20-18-/t57-/m1/s1. The summed E-state index contributed by atoms with van der Waals surface area (Å²) in [5, 5.41) is 3.63. The number of phosphoric ester groups is 1. The fourth-order valence-corrected chi connectivity index (χ4v) is 9.28. The minimum absolute atomic E-state index is 0.162. The first-order chi connectivity index (χ1) is 34.3. The van der Waals surface area contributed by atoms with Crippen LogP contribution in [0.3, 0.4) is 0 Å². The van der Waals surface area contributed by atoms with Crippen LogP contribution in [0.1, 0.15) is 197 Å². The number of allylic oxidation sites excluding steroid dienone is 6. The molecule has 0 radical (unpaired) electrons. The molecule has 0 saturated carbocycles. The molecule has 1 unspecified atom stereocenters. The highest BCUT2D eigenvalue weighted by Gasteiger charge is 2.36. The Labute approximate surface area is 423 Å². The van der Waals surface area contributed by atoms with Gasteiger partial charge in [0.15, 0.2) is 6.10 Å². The third kappa shape index (κ3) is 27.5. The maximum absolute atomic E-state index is 13.3. The Morgan fingerprint density at radius 2 is 0.929 bits per heavy atom. The van der Waals surface area contributed by atoms with E-state index >= 15 is 0 Å². The van der Waals surface area contributed by atoms with Gasteiger partial charge in [-0.05, 0) is 87.3 Å². The number of unbranched alkanes of at least 4 members (excludes halogenated alkanes) is 19. The molecule has 2 N–H and O–H groups in total. The third-order valence-electron chi connectivity index (χ3n) is 12.5. The second-order valence-corrected chi connectivity index (χ2v) is 19.9. The van der Waals surface area contributed by atoms with Crippen LogP contribution in [-0.4, -0.2) is 49.3 Å². The van der Waals surface area contributed by atoms with Crippen molar-refractivity contribution in [2.45, 2.75) is 192 Å². The molecule has 0 fully saturated rings. The molecule has 0 saturated heterocycles. The molecule has 3 aromatic rings. The first-order valence-corrected chi connectivity index (χ1v) is 28.6. The van der Waals surface area contributed by atoms with Crippen LogP contribution < -0.4 is 5.32 Å². The second kappa shape index (κ2) is 39.5. The number of ether oxygens (including phenoxy) is 2. The number of nitrogens with one attached hydrogen (secondary N) is 1. The van der Waals surface area contributed by atoms with Gasteiger partial charge in [-0.25, -0.2) is 4.57 Å². The van der Waals surface area contributed by atoms with Gasteiger partial charge in [-0.3, -0.25) is 24.0 Å². The van der Waals surface area contributed by atoms with Gasteiger partial charge < -0.3 is 14.4 Å². The van der Waals surface area contributed by atoms with E-state index in [1.807, 2.05) is 54.6 Å². The van der Waals surface area contributed by atoms with Crippen LogP contribution in [0.15, 0.2) is 127 Å². The van der Waals surface area contributed by atoms with Gasteiger partial charge in [0.05, 0.1) is 18.8 Å². The summed E-state index contributed by atoms with van der Waals surface area (Å²) >= 11 is 0. The molecule has 0 spiro atoms. The van der Waals surface area contributed by atoms with Crippen LogP contribution in [0.4, 0.5) is 0 Å². The second-order valence-electron chi connectivity index (χ2n) is 18.5. The van der Waals surface area contributed by atoms with Gasteiger partial charge in [0, 0.05) is 19.4 Å². The summed E-state index contributed by atoms with van der Waals surface area (Å²) in [5.74, 6) is -0.870. The van der Waals surface area contributed by atoms with Crippen LogP contribution in [0, 0.1) is 0 Å². The SMILES string of the molecule is CCCCC/C=C\C/C=C\CCCCCCCC(=O)O[C@H](COC(=O)CCCCCCC/C=C\CCCCCCCC)COP(=O)(O)OCCNC(c1ccccc1)(c1ccccc1)c1ccccc1. The molecular weight excluding hydrogens is 894 g/mol. The monoisotopic (exact) mass is 984 g/mol. The summed E-state index contributed by atoms with van der Waals surface area (Å²) in [4.78, 5) is 36.7. The van der Waals surface area contributed by atoms with Crippen LogP contribution in [0.2, 0.25) is 0 Å². The number of hydrogen-bond donors (Lipinski definition) is 2. The van der Waals surface area contributed by atoms with E-state index in [9.17, 15) is 19.0 Å². The molecule has 0 bridgehead atoms. The number of hydrogen-bond acceptors (Lipinski definition) is 8. The molecule has 388 valence electrons. The topological polar surface area (TPSA) is 120 Å². The number of rotatable bonds is 43. The number of carbonyl (C=O) groups excluding carboxylic acids is 2. The minimum atomic E-state index is -4.62. The third-order valence-corrected chi connectivity index (χ3v) is 13.5. The van der Waals surface area contributed by atoms with Crippen molar-refractivity contribution in [3.8, 4) is 0 Å². The zero-order valence-electron chi connectivity index (χ0n) is 43.2. The summed E-state index contributed by atoms with van der Waals surface area (Å²) in [5.41, 5.74) is 2.19. The predicted octanol–water partition coefficient (Wildman–Crippen LogP) is 16.0. The van der Waals surface area contributed by atoms with E-state index in [2.05, 4.69) is 92.0 Å². The lowest BCUT2D eigenvalue weighted by molar-refractivity contribution is -0.161. The van der Waals surface area contributed by atoms with Crippen molar-refractivity contribution in [3.63, 3.8) is 0 Å². The largest absolute Gasteiger partial charge is 0.472 e. The van der Waals surface area contributed by atoms with Crippen LogP contribution in [-0.2, 0) is 38.2 Å². The Morgan fingerprint density at radius 1 is 0.529 bits per heavy atom. The highest BCUT2D eigenvalue weighted by molar-refractivity contribution is 7.47. The Morgan fingerprint density at radius 3 is 1.41 bits per heavy atom. The molecule has 2 atom stereocenters. The van der Waals surface area contributed by atoms with E-state index in [4.69, 9.17) is 18.5 Å². The highest BCUT2D eigenvalue weighted by Crippen LogP contribution is 2.43. The van der Waals surface area contributed by atoms with E-state index < -0.39 is 38.0 Å². The van der Waals surface area contributed by atoms with E-state index in [0.29, 0.717) is 12.8 Å². The molecule has 0 aliphatic heterocycles. The Hall–Kier alpha value is -4.11. The highest BCUT2D eigenvalue weighted by atomic mass is 31.2. The van der Waals surface area contributed by atoms with Crippen LogP contribution in [0.25, 0.3) is 0 Å². The first-order valence-electron chi connectivity index (χ1n) is 27.1. The van der Waals surface area contributed by atoms with Crippen molar-refractivity contribution in [2.24, 2.45) is 0 Å². The Balaban J connectivity index is 1.46. The van der Waals surface area contributed by atoms with E-state index in [1.165, 1.54) is 64.2 Å². The average Bonchev–Trinajstić information content (AvgIpc) is 3.38. The smallest absolute Gasteiger partial charge is 0.462 e. The van der Waals surface area contributed by atoms with Crippen molar-refractivity contribution in [3.05, 3.63) is 144 Å². The van der Waals surface area contributed by atoms with E-state index in [1.54, 1.807) is 0 Å². The van der Waals surface area contributed by atoms with Gasteiger partial charge >= 0.3 is 19.8 Å². The molecule has 9 nitrogen and oxygen atoms in total. The summed E-state index contributed by atoms with van der Waals surface area (Å²) in [6, 6.07) is 30.1. The van der Waals surface area contributed by atoms with Gasteiger partial charge in [0.1, 0.15) is 6.61 Å². The maximum atomic E-state index is 13.3. The number of phosphoric acid groups is 1. The number of benzene rings is 3. The molecule has 0 heterocycles. The minimum Gasteiger partial charge on any atom is -0.462 e. The van der Waals surface area contributed by atoms with Gasteiger partial charge in [-0.1, -0.05) is 225 Å². The van der Waals surface area contributed by atoms with Crippen molar-refractivity contribution >= 4 is 19.8 Å². The predicted molar refractivity (Wildman–Crippen MR) is 289 cm³/mol. The molecule has 3 rings (SSSR count). The molecule has 70 heavy (non-hydrogen) atoms. The van der Waals surface area contributed by atoms with E-state index in [0.717, 1.165) is 93.7 Å². The zero-order chi connectivity index (χ0) is 50.1. The lowest BCUT2D eigenvalue weighted by atomic mass is 9.77. The normalized spacial score (nSPS) is 13.3. The number of carbonyl (C=O) groups is 2. The van der Waals surface area contributed by atoms with Gasteiger partial charge in [0.2, 0.25) is 0 Å². The Kier molecular flexibility index (Phi) is 34.0. The Bertz CT molecular complexity index is 1790. The fourth-order valence-electron chi connectivity index (χ4n) is 8.52. The van der Waals surface area contributed by atoms with Crippen molar-refractivity contribution in [1.82, 2.24) is 5.32 Å². The summed E-state index contributed by atoms with van der Waals surface area (Å²) in [6.45, 7) is 3.74. The summed E-state index contributed by atoms with van der Waals surface area (Å²) in [6.07, 6.45) is 39.9. The quantitative estimate of drug-likeness (QED) is 0.0188. The van der Waals surface area contributed by atoms with Crippen LogP contribution in [0.5, 0.6) is 0 Å². The molecule has 3 aromatic carbocycles. The lowest BCUT2D eigenvalue weighted by Gasteiger charge is -2.37. The number of esters is 2. The lowest BCUT2D eigenvalue weighted by Crippen LogP contribution is -2.46. The van der Waals surface area contributed by atoms with Crippen molar-refractivity contribution in [1.29, 1.82) is 0 Å². The summed E-state index contributed by atoms with van der Waals surface area (Å²) < 4.78 is 35.4. The maximum Gasteiger partial charge on any atom is 0.472 e. The first kappa shape index (κ1) is 60.2. The van der Waals surface area contributed by atoms with E-state index in [-0.39, 0.29) is 32.6 Å². The van der Waals surface area contributed by atoms with Gasteiger partial charge in [-0.2, -0.15) is 0 Å². The fraction of sp³-hybridized carbons (Fsp3) is 0.567. The van der Waals surface area contributed by atoms with Gasteiger partial charge in [-0.15, -0.1) is 0 Å². The van der Waals surface area contributed by atoms with Crippen LogP contribution >= 0.6 is 7.82 Å². The summed E-state index contributed by atoms with van der Waals surface area (Å²) in [7, 11) is -4.62. The average molecular weight is 984 g/mol. The molecule has 0 aromatic heterocycles. The van der Waals surface area contributed by atoms with Gasteiger partial charge in [0.25, 0.3) is 0 Å². The van der Waals surface area contributed by atoms with Crippen molar-refractivity contribution < 1.29 is 37.6 Å². The van der Waals surface area contributed by atoms with Crippen molar-refractivity contribution in [2.75, 3.05) is 26.4 Å². The molecule has 0 aliphatic rings. The molecule has 10 heteroatoms. The molecule has 0 amide bonds. The zero-order valence-corrected chi connectivity index (χ0v) is 44.1. The molecular formula is C60H90NO8P. The molecule has 0 aliphatic carbocycles.